The van der Waals surface area contributed by atoms with Crippen LogP contribution in [0.25, 0.3) is 0 Å². The minimum atomic E-state index is -0.488. The number of carbonyl (C=O) groups is 2. The van der Waals surface area contributed by atoms with Gasteiger partial charge >= 0.3 is 6.03 Å². The standard InChI is InChI=1S/C9H16N4O2S.C8H12N2O/c1-5-8-6(2-3-11-5)12-9(15)13(16-8)4-7(10)14;9-4-6-3-8-7(10-5-6)1-2-11-8/h5-6,8,11H,2-4H2,1H3,(H2,10,14)(H,12,15);6-8,10H,1-3,5H2. The molecular weight excluding hydrogens is 368 g/mol. The predicted octanol–water partition coefficient (Wildman–Crippen LogP) is -0.459. The predicted molar refractivity (Wildman–Crippen MR) is 102 cm³/mol. The van der Waals surface area contributed by atoms with E-state index in [1.165, 1.54) is 16.3 Å². The second kappa shape index (κ2) is 9.10. The first-order chi connectivity index (χ1) is 13.0. The molecule has 9 nitrogen and oxygen atoms in total. The summed E-state index contributed by atoms with van der Waals surface area (Å²) in [6.45, 7) is 4.68. The second-order valence-corrected chi connectivity index (χ2v) is 8.63. The lowest BCUT2D eigenvalue weighted by molar-refractivity contribution is -0.117. The summed E-state index contributed by atoms with van der Waals surface area (Å²) in [5.41, 5.74) is 5.10. The zero-order valence-electron chi connectivity index (χ0n) is 15.5. The molecule has 4 heterocycles. The van der Waals surface area contributed by atoms with Gasteiger partial charge in [-0.1, -0.05) is 0 Å². The molecule has 0 spiro atoms. The number of piperidine rings is 2. The van der Waals surface area contributed by atoms with Gasteiger partial charge in [-0.3, -0.25) is 9.10 Å². The van der Waals surface area contributed by atoms with E-state index >= 15 is 0 Å². The Balaban J connectivity index is 0.000000166. The molecule has 6 unspecified atom stereocenters. The summed E-state index contributed by atoms with van der Waals surface area (Å²) in [6.07, 6.45) is 3.28. The molecule has 0 radical (unpaired) electrons. The Morgan fingerprint density at radius 2 is 2.22 bits per heavy atom. The molecule has 4 aliphatic rings. The highest BCUT2D eigenvalue weighted by Gasteiger charge is 2.40. The summed E-state index contributed by atoms with van der Waals surface area (Å²) in [5, 5.41) is 18.5. The zero-order valence-corrected chi connectivity index (χ0v) is 16.3. The van der Waals surface area contributed by atoms with Crippen molar-refractivity contribution in [3.8, 4) is 6.07 Å². The molecule has 0 bridgehead atoms. The maximum absolute atomic E-state index is 11.7. The molecule has 0 saturated carbocycles. The van der Waals surface area contributed by atoms with E-state index in [-0.39, 0.29) is 29.8 Å². The third kappa shape index (κ3) is 5.04. The third-order valence-electron chi connectivity index (χ3n) is 5.43. The van der Waals surface area contributed by atoms with Gasteiger partial charge in [0, 0.05) is 31.3 Å². The molecule has 5 N–H and O–H groups in total. The van der Waals surface area contributed by atoms with Gasteiger partial charge in [0.2, 0.25) is 5.91 Å². The van der Waals surface area contributed by atoms with E-state index in [9.17, 15) is 9.59 Å². The summed E-state index contributed by atoms with van der Waals surface area (Å²) >= 11 is 1.42. The number of nitrogens with two attached hydrogens (primary N) is 1. The number of amides is 3. The van der Waals surface area contributed by atoms with Crippen molar-refractivity contribution in [3.05, 3.63) is 0 Å². The van der Waals surface area contributed by atoms with Crippen LogP contribution in [0, 0.1) is 17.2 Å². The molecule has 0 aliphatic carbocycles. The van der Waals surface area contributed by atoms with Gasteiger partial charge in [-0.2, -0.15) is 5.26 Å². The lowest BCUT2D eigenvalue weighted by atomic mass is 9.93. The molecule has 4 rings (SSSR count). The van der Waals surface area contributed by atoms with Crippen molar-refractivity contribution >= 4 is 23.9 Å². The van der Waals surface area contributed by atoms with Gasteiger partial charge in [-0.25, -0.2) is 4.79 Å². The van der Waals surface area contributed by atoms with E-state index in [0.717, 1.165) is 39.0 Å². The normalized spacial score (nSPS) is 37.8. The number of rotatable bonds is 2. The van der Waals surface area contributed by atoms with Crippen LogP contribution in [0.15, 0.2) is 0 Å². The first-order valence-electron chi connectivity index (χ1n) is 9.49. The van der Waals surface area contributed by atoms with Crippen molar-refractivity contribution in [2.24, 2.45) is 11.7 Å². The smallest absolute Gasteiger partial charge is 0.328 e. The summed E-state index contributed by atoms with van der Waals surface area (Å²) < 4.78 is 6.89. The van der Waals surface area contributed by atoms with Gasteiger partial charge in [0.25, 0.3) is 0 Å². The Labute approximate surface area is 163 Å². The number of ether oxygens (including phenoxy) is 1. The van der Waals surface area contributed by atoms with Crippen LogP contribution in [0.3, 0.4) is 0 Å². The van der Waals surface area contributed by atoms with Crippen molar-refractivity contribution in [3.63, 3.8) is 0 Å². The van der Waals surface area contributed by atoms with E-state index in [4.69, 9.17) is 15.7 Å². The largest absolute Gasteiger partial charge is 0.376 e. The molecule has 0 aromatic rings. The van der Waals surface area contributed by atoms with Crippen LogP contribution in [0.4, 0.5) is 4.79 Å². The summed E-state index contributed by atoms with van der Waals surface area (Å²) in [6, 6.07) is 3.10. The fraction of sp³-hybridized carbons (Fsp3) is 0.824. The van der Waals surface area contributed by atoms with Crippen molar-refractivity contribution in [2.45, 2.75) is 55.7 Å². The van der Waals surface area contributed by atoms with E-state index in [2.05, 4.69) is 28.9 Å². The van der Waals surface area contributed by atoms with Crippen LogP contribution >= 0.6 is 11.9 Å². The van der Waals surface area contributed by atoms with Crippen molar-refractivity contribution in [2.75, 3.05) is 26.2 Å². The van der Waals surface area contributed by atoms with E-state index in [1.807, 2.05) is 0 Å². The first kappa shape index (κ1) is 20.2. The maximum Gasteiger partial charge on any atom is 0.328 e. The monoisotopic (exact) mass is 396 g/mol. The lowest BCUT2D eigenvalue weighted by Crippen LogP contribution is -2.62. The van der Waals surface area contributed by atoms with Crippen LogP contribution in [0.1, 0.15) is 26.2 Å². The number of hydrogen-bond donors (Lipinski definition) is 4. The Bertz CT molecular complexity index is 600. The molecule has 27 heavy (non-hydrogen) atoms. The number of fused-ring (bicyclic) bond motifs is 2. The molecule has 4 saturated heterocycles. The molecule has 4 aliphatic heterocycles. The van der Waals surface area contributed by atoms with Gasteiger partial charge in [-0.05, 0) is 44.7 Å². The molecule has 10 heteroatoms. The number of carbonyl (C=O) groups excluding carboxylic acids is 2. The topological polar surface area (TPSA) is 133 Å². The minimum Gasteiger partial charge on any atom is -0.376 e. The Morgan fingerprint density at radius 1 is 1.41 bits per heavy atom. The van der Waals surface area contributed by atoms with E-state index in [1.54, 1.807) is 0 Å². The van der Waals surface area contributed by atoms with Crippen LogP contribution in [-0.4, -0.2) is 72.0 Å². The van der Waals surface area contributed by atoms with Gasteiger partial charge in [0.05, 0.1) is 23.3 Å². The van der Waals surface area contributed by atoms with Crippen molar-refractivity contribution in [1.29, 1.82) is 5.26 Å². The molecular formula is C17H28N6O3S. The van der Waals surface area contributed by atoms with Crippen LogP contribution < -0.4 is 21.7 Å². The minimum absolute atomic E-state index is 0.0353. The quantitative estimate of drug-likeness (QED) is 0.464. The Kier molecular flexibility index (Phi) is 6.81. The molecule has 0 aromatic heterocycles. The average molecular weight is 397 g/mol. The van der Waals surface area contributed by atoms with Gasteiger partial charge in [0.1, 0.15) is 6.54 Å². The summed E-state index contributed by atoms with van der Waals surface area (Å²) in [7, 11) is 0. The van der Waals surface area contributed by atoms with E-state index in [0.29, 0.717) is 18.2 Å². The number of nitrogens with zero attached hydrogens (tertiary/aromatic N) is 2. The van der Waals surface area contributed by atoms with Crippen molar-refractivity contribution < 1.29 is 14.3 Å². The molecule has 3 amide bonds. The van der Waals surface area contributed by atoms with Gasteiger partial charge < -0.3 is 26.4 Å². The van der Waals surface area contributed by atoms with Crippen LogP contribution in [0.2, 0.25) is 0 Å². The van der Waals surface area contributed by atoms with Gasteiger partial charge in [-0.15, -0.1) is 0 Å². The number of hydrogen-bond acceptors (Lipinski definition) is 7. The second-order valence-electron chi connectivity index (χ2n) is 7.43. The number of primary amides is 1. The molecule has 0 aromatic carbocycles. The summed E-state index contributed by atoms with van der Waals surface area (Å²) in [4.78, 5) is 22.5. The molecule has 150 valence electrons. The third-order valence-corrected chi connectivity index (χ3v) is 6.96. The summed E-state index contributed by atoms with van der Waals surface area (Å²) in [5.74, 6) is -0.327. The zero-order chi connectivity index (χ0) is 19.4. The highest BCUT2D eigenvalue weighted by molar-refractivity contribution is 7.98. The number of nitriles is 1. The Morgan fingerprint density at radius 3 is 2.96 bits per heavy atom. The Hall–Kier alpha value is -1.54. The van der Waals surface area contributed by atoms with E-state index < -0.39 is 5.91 Å². The lowest BCUT2D eigenvalue weighted by Gasteiger charge is -2.43. The fourth-order valence-electron chi connectivity index (χ4n) is 3.96. The van der Waals surface area contributed by atoms with Crippen LogP contribution in [0.5, 0.6) is 0 Å². The molecule has 6 atom stereocenters. The highest BCUT2D eigenvalue weighted by atomic mass is 32.2. The fourth-order valence-corrected chi connectivity index (χ4v) is 5.23. The SMILES string of the molecule is CC1NCCC2NC(=O)N(CC(N)=O)SC12.N#CC1CNC2CCOC2C1. The highest BCUT2D eigenvalue weighted by Crippen LogP contribution is 2.30. The van der Waals surface area contributed by atoms with Crippen molar-refractivity contribution in [1.82, 2.24) is 20.3 Å². The van der Waals surface area contributed by atoms with Gasteiger partial charge in [0.15, 0.2) is 0 Å². The van der Waals surface area contributed by atoms with Crippen LogP contribution in [-0.2, 0) is 9.53 Å². The number of nitrogens with one attached hydrogen (secondary N) is 3. The molecule has 4 fully saturated rings. The first-order valence-corrected chi connectivity index (χ1v) is 10.3. The average Bonchev–Trinajstić information content (AvgIpc) is 3.11. The number of urea groups is 1. The maximum atomic E-state index is 11.7.